The van der Waals surface area contributed by atoms with Crippen molar-refractivity contribution < 1.29 is 0 Å². The molecule has 8 heteroatoms. The molecule has 0 aliphatic carbocycles. The molecule has 0 heterocycles. The van der Waals surface area contributed by atoms with Crippen LogP contribution in [0.5, 0.6) is 0 Å². The zero-order valence-electron chi connectivity index (χ0n) is 18.4. The molecule has 0 aliphatic heterocycles. The van der Waals surface area contributed by atoms with Crippen molar-refractivity contribution in [2.75, 3.05) is 23.0 Å². The molecule has 0 bridgehead atoms. The Morgan fingerprint density at radius 3 is 0.875 bits per heavy atom. The summed E-state index contributed by atoms with van der Waals surface area (Å²) in [7, 11) is 0. The molecule has 0 amide bonds. The first kappa shape index (κ1) is 31.3. The van der Waals surface area contributed by atoms with Crippen molar-refractivity contribution in [3.05, 3.63) is 68.8 Å². The zero-order valence-corrected chi connectivity index (χ0v) is 25.5. The molecule has 0 aromatic heterocycles. The molecule has 0 nitrogen and oxygen atoms in total. The third-order valence-electron chi connectivity index (χ3n) is 5.31. The van der Waals surface area contributed by atoms with Gasteiger partial charge in [0.25, 0.3) is 0 Å². The van der Waals surface area contributed by atoms with Gasteiger partial charge in [0.05, 0.1) is 0 Å². The molecule has 0 atom stereocenters. The maximum Gasteiger partial charge on any atom is 0.0157 e. The van der Waals surface area contributed by atoms with Gasteiger partial charge in [-0.3, -0.25) is 0 Å². The summed E-state index contributed by atoms with van der Waals surface area (Å²) in [5, 5.41) is 0. The Hall–Kier alpha value is 1.24. The van der Waals surface area contributed by atoms with E-state index in [4.69, 9.17) is 0 Å². The van der Waals surface area contributed by atoms with E-state index in [1.165, 1.54) is 44.5 Å². The Balaban J connectivity index is 0.000000330. The summed E-state index contributed by atoms with van der Waals surface area (Å²) in [5.41, 5.74) is 10.8. The Morgan fingerprint density at radius 2 is 0.656 bits per heavy atom. The van der Waals surface area contributed by atoms with Gasteiger partial charge < -0.3 is 0 Å². The summed E-state index contributed by atoms with van der Waals surface area (Å²) in [5.74, 6) is 6.59. The lowest BCUT2D eigenvalue weighted by Crippen LogP contribution is -2.08. The second kappa shape index (κ2) is 18.5. The Labute approximate surface area is 239 Å². The van der Waals surface area contributed by atoms with E-state index in [1.807, 2.05) is 0 Å². The standard InChI is InChI=1S/C14H22S4.C10H14S4/c15-7-3-11-1-2-12(4-8-16)14(6-10-18)13(11)5-9-17;11-3-7-1-8(4-12)10(6-14)2-9(7)5-13/h1-2,15-18H,3-10H2;1-2,11-14H,3-6H2. The van der Waals surface area contributed by atoms with Crippen molar-refractivity contribution >= 4 is 101 Å². The molecule has 0 spiro atoms. The summed E-state index contributed by atoms with van der Waals surface area (Å²) >= 11 is 34.7. The second-order valence-corrected chi connectivity index (χ2v) is 10.3. The number of thiol groups is 8. The van der Waals surface area contributed by atoms with Gasteiger partial charge in [-0.05, 0) is 93.2 Å². The summed E-state index contributed by atoms with van der Waals surface area (Å²) in [6, 6.07) is 8.85. The first-order valence-electron chi connectivity index (χ1n) is 10.7. The Bertz CT molecular complexity index is 714. The number of hydrogen-bond donors (Lipinski definition) is 8. The van der Waals surface area contributed by atoms with Crippen LogP contribution in [0.2, 0.25) is 0 Å². The summed E-state index contributed by atoms with van der Waals surface area (Å²) in [6.45, 7) is 0. The predicted octanol–water partition coefficient (Wildman–Crippen LogP) is 6.98. The fourth-order valence-corrected chi connectivity index (χ4v) is 5.83. The van der Waals surface area contributed by atoms with Gasteiger partial charge in [-0.25, -0.2) is 0 Å². The van der Waals surface area contributed by atoms with Gasteiger partial charge in [0.2, 0.25) is 0 Å². The highest BCUT2D eigenvalue weighted by Gasteiger charge is 2.12. The first-order chi connectivity index (χ1) is 15.5. The lowest BCUT2D eigenvalue weighted by Gasteiger charge is -2.18. The molecule has 0 N–H and O–H groups in total. The van der Waals surface area contributed by atoms with Crippen LogP contribution in [0.25, 0.3) is 0 Å². The largest absolute Gasteiger partial charge is 0.179 e. The van der Waals surface area contributed by atoms with Crippen LogP contribution in [0, 0.1) is 0 Å². The van der Waals surface area contributed by atoms with Crippen molar-refractivity contribution in [1.82, 2.24) is 0 Å². The van der Waals surface area contributed by atoms with E-state index in [1.54, 1.807) is 0 Å². The van der Waals surface area contributed by atoms with Crippen molar-refractivity contribution in [2.45, 2.75) is 48.7 Å². The second-order valence-electron chi connectivity index (χ2n) is 7.26. The molecular weight excluding hydrogens is 545 g/mol. The van der Waals surface area contributed by atoms with Crippen LogP contribution in [-0.2, 0) is 48.7 Å². The fourth-order valence-electron chi connectivity index (χ4n) is 3.73. The molecule has 0 saturated carbocycles. The smallest absolute Gasteiger partial charge is 0.0157 e. The quantitative estimate of drug-likeness (QED) is 0.122. The van der Waals surface area contributed by atoms with Gasteiger partial charge in [0.15, 0.2) is 0 Å². The van der Waals surface area contributed by atoms with E-state index in [0.717, 1.165) is 71.7 Å². The number of rotatable bonds is 12. The molecule has 32 heavy (non-hydrogen) atoms. The monoisotopic (exact) mass is 580 g/mol. The van der Waals surface area contributed by atoms with Gasteiger partial charge in [0.1, 0.15) is 0 Å². The van der Waals surface area contributed by atoms with E-state index in [-0.39, 0.29) is 0 Å². The van der Waals surface area contributed by atoms with Crippen LogP contribution in [-0.4, -0.2) is 23.0 Å². The summed E-state index contributed by atoms with van der Waals surface area (Å²) < 4.78 is 0. The predicted molar refractivity (Wildman–Crippen MR) is 174 cm³/mol. The van der Waals surface area contributed by atoms with Crippen LogP contribution in [0.3, 0.4) is 0 Å². The summed E-state index contributed by atoms with van der Waals surface area (Å²) in [6.07, 6.45) is 4.14. The minimum atomic E-state index is 0.753. The molecule has 0 radical (unpaired) electrons. The molecular formula is C24H36S8. The van der Waals surface area contributed by atoms with E-state index in [2.05, 4.69) is 125 Å². The molecule has 2 rings (SSSR count). The molecule has 0 aliphatic rings. The maximum absolute atomic E-state index is 4.40. The van der Waals surface area contributed by atoms with E-state index < -0.39 is 0 Å². The van der Waals surface area contributed by atoms with Crippen molar-refractivity contribution in [3.8, 4) is 0 Å². The van der Waals surface area contributed by atoms with Crippen LogP contribution in [0.1, 0.15) is 44.5 Å². The highest BCUT2D eigenvalue weighted by atomic mass is 32.1. The molecule has 0 fully saturated rings. The number of aryl methyl sites for hydroxylation is 2. The van der Waals surface area contributed by atoms with Crippen LogP contribution in [0.15, 0.2) is 24.3 Å². The summed E-state index contributed by atoms with van der Waals surface area (Å²) in [4.78, 5) is 0. The fraction of sp³-hybridized carbons (Fsp3) is 0.500. The average Bonchev–Trinajstić information content (AvgIpc) is 2.82. The molecule has 2 aromatic rings. The minimum absolute atomic E-state index is 0.753. The van der Waals surface area contributed by atoms with Crippen LogP contribution in [0.4, 0.5) is 0 Å². The lowest BCUT2D eigenvalue weighted by atomic mass is 9.90. The van der Waals surface area contributed by atoms with Gasteiger partial charge in [-0.1, -0.05) is 24.3 Å². The third kappa shape index (κ3) is 9.71. The van der Waals surface area contributed by atoms with Crippen molar-refractivity contribution in [1.29, 1.82) is 0 Å². The molecule has 180 valence electrons. The number of hydrogen-bond acceptors (Lipinski definition) is 8. The minimum Gasteiger partial charge on any atom is -0.179 e. The average molecular weight is 581 g/mol. The molecule has 0 saturated heterocycles. The van der Waals surface area contributed by atoms with E-state index in [0.29, 0.717) is 0 Å². The van der Waals surface area contributed by atoms with Crippen LogP contribution >= 0.6 is 101 Å². The van der Waals surface area contributed by atoms with Gasteiger partial charge in [-0.2, -0.15) is 101 Å². The topological polar surface area (TPSA) is 0 Å². The highest BCUT2D eigenvalue weighted by Crippen LogP contribution is 2.24. The third-order valence-corrected chi connectivity index (χ3v) is 7.57. The van der Waals surface area contributed by atoms with Crippen molar-refractivity contribution in [2.24, 2.45) is 0 Å². The number of benzene rings is 2. The molecule has 0 unspecified atom stereocenters. The van der Waals surface area contributed by atoms with Gasteiger partial charge in [-0.15, -0.1) is 0 Å². The van der Waals surface area contributed by atoms with Crippen molar-refractivity contribution in [3.63, 3.8) is 0 Å². The van der Waals surface area contributed by atoms with Crippen LogP contribution < -0.4 is 0 Å². The van der Waals surface area contributed by atoms with E-state index >= 15 is 0 Å². The maximum atomic E-state index is 4.40. The van der Waals surface area contributed by atoms with Gasteiger partial charge in [0, 0.05) is 23.0 Å². The zero-order chi connectivity index (χ0) is 23.9. The lowest BCUT2D eigenvalue weighted by molar-refractivity contribution is 0.962. The highest BCUT2D eigenvalue weighted by molar-refractivity contribution is 7.81. The molecule has 2 aromatic carbocycles. The Kier molecular flexibility index (Phi) is 18.1. The SMILES string of the molecule is SCCc1ccc(CCS)c(CCS)c1CCS.SCc1cc(CS)c(CS)cc1CS. The normalized spacial score (nSPS) is 10.8. The first-order valence-corrected chi connectivity index (χ1v) is 15.7. The van der Waals surface area contributed by atoms with Gasteiger partial charge >= 0.3 is 0 Å². The van der Waals surface area contributed by atoms with E-state index in [9.17, 15) is 0 Å². The Morgan fingerprint density at radius 1 is 0.375 bits per heavy atom.